The van der Waals surface area contributed by atoms with Gasteiger partial charge in [0.25, 0.3) is 0 Å². The van der Waals surface area contributed by atoms with Crippen LogP contribution in [-0.2, 0) is 9.53 Å². The summed E-state index contributed by atoms with van der Waals surface area (Å²) >= 11 is 0. The molecule has 1 N–H and O–H groups in total. The molecule has 1 unspecified atom stereocenters. The van der Waals surface area contributed by atoms with Crippen molar-refractivity contribution < 1.29 is 14.6 Å². The van der Waals surface area contributed by atoms with Crippen molar-refractivity contribution in [3.8, 4) is 0 Å². The molecular weight excluding hydrogens is 194 g/mol. The standard InChI is InChI=1S/C11H21NO3/c1-4-11(2,3)12-5-6-15-9(8-12)7-10(13)14/h9H,4-8H2,1-3H3,(H,13,14). The van der Waals surface area contributed by atoms with E-state index in [0.29, 0.717) is 6.61 Å². The third kappa shape index (κ3) is 3.47. The van der Waals surface area contributed by atoms with Crippen LogP contribution in [0.2, 0.25) is 0 Å². The molecule has 1 heterocycles. The Morgan fingerprint density at radius 2 is 2.27 bits per heavy atom. The maximum absolute atomic E-state index is 10.6. The van der Waals surface area contributed by atoms with Gasteiger partial charge in [0, 0.05) is 18.6 Å². The van der Waals surface area contributed by atoms with Crippen molar-refractivity contribution in [2.24, 2.45) is 0 Å². The molecule has 4 heteroatoms. The van der Waals surface area contributed by atoms with Gasteiger partial charge in [0.2, 0.25) is 0 Å². The van der Waals surface area contributed by atoms with Crippen molar-refractivity contribution in [2.75, 3.05) is 19.7 Å². The van der Waals surface area contributed by atoms with Gasteiger partial charge in [0.1, 0.15) is 0 Å². The lowest BCUT2D eigenvalue weighted by Gasteiger charge is -2.42. The largest absolute Gasteiger partial charge is 0.481 e. The first-order chi connectivity index (χ1) is 6.95. The summed E-state index contributed by atoms with van der Waals surface area (Å²) in [5.41, 5.74) is 0.139. The summed E-state index contributed by atoms with van der Waals surface area (Å²) in [5.74, 6) is -0.781. The average molecular weight is 215 g/mol. The fourth-order valence-electron chi connectivity index (χ4n) is 1.81. The lowest BCUT2D eigenvalue weighted by molar-refractivity contribution is -0.143. The van der Waals surface area contributed by atoms with Crippen LogP contribution < -0.4 is 0 Å². The maximum atomic E-state index is 10.6. The SMILES string of the molecule is CCC(C)(C)N1CCOC(CC(=O)O)C1. The number of hydrogen-bond donors (Lipinski definition) is 1. The zero-order chi connectivity index (χ0) is 11.5. The van der Waals surface area contributed by atoms with Gasteiger partial charge in [-0.25, -0.2) is 0 Å². The van der Waals surface area contributed by atoms with Crippen molar-refractivity contribution >= 4 is 5.97 Å². The van der Waals surface area contributed by atoms with Gasteiger partial charge >= 0.3 is 5.97 Å². The fourth-order valence-corrected chi connectivity index (χ4v) is 1.81. The van der Waals surface area contributed by atoms with E-state index in [2.05, 4.69) is 25.7 Å². The van der Waals surface area contributed by atoms with Crippen molar-refractivity contribution in [1.82, 2.24) is 4.90 Å². The highest BCUT2D eigenvalue weighted by Gasteiger charge is 2.31. The van der Waals surface area contributed by atoms with Gasteiger partial charge in [-0.15, -0.1) is 0 Å². The van der Waals surface area contributed by atoms with Gasteiger partial charge in [-0.05, 0) is 20.3 Å². The topological polar surface area (TPSA) is 49.8 Å². The zero-order valence-electron chi connectivity index (χ0n) is 9.82. The lowest BCUT2D eigenvalue weighted by atomic mass is 9.97. The van der Waals surface area contributed by atoms with Crippen LogP contribution in [0.4, 0.5) is 0 Å². The second-order valence-corrected chi connectivity index (χ2v) is 4.70. The zero-order valence-corrected chi connectivity index (χ0v) is 9.82. The van der Waals surface area contributed by atoms with Gasteiger partial charge in [0.15, 0.2) is 0 Å². The van der Waals surface area contributed by atoms with Gasteiger partial charge < -0.3 is 9.84 Å². The molecule has 1 aliphatic heterocycles. The molecular formula is C11H21NO3. The Labute approximate surface area is 91.2 Å². The van der Waals surface area contributed by atoms with E-state index in [1.165, 1.54) is 0 Å². The first-order valence-corrected chi connectivity index (χ1v) is 5.54. The molecule has 0 saturated carbocycles. The minimum absolute atomic E-state index is 0.107. The van der Waals surface area contributed by atoms with E-state index in [1.54, 1.807) is 0 Å². The van der Waals surface area contributed by atoms with Crippen molar-refractivity contribution in [1.29, 1.82) is 0 Å². The lowest BCUT2D eigenvalue weighted by Crippen LogP contribution is -2.52. The number of nitrogens with zero attached hydrogens (tertiary/aromatic N) is 1. The molecule has 1 atom stereocenters. The molecule has 0 aromatic heterocycles. The molecule has 88 valence electrons. The predicted molar refractivity (Wildman–Crippen MR) is 57.9 cm³/mol. The molecule has 0 radical (unpaired) electrons. The Morgan fingerprint density at radius 1 is 1.60 bits per heavy atom. The van der Waals surface area contributed by atoms with Gasteiger partial charge in [-0.2, -0.15) is 0 Å². The number of carbonyl (C=O) groups is 1. The first-order valence-electron chi connectivity index (χ1n) is 5.54. The van der Waals surface area contributed by atoms with Crippen LogP contribution >= 0.6 is 0 Å². The van der Waals surface area contributed by atoms with E-state index in [9.17, 15) is 4.79 Å². The van der Waals surface area contributed by atoms with Crippen molar-refractivity contribution in [3.05, 3.63) is 0 Å². The molecule has 4 nitrogen and oxygen atoms in total. The molecule has 1 saturated heterocycles. The van der Waals surface area contributed by atoms with E-state index < -0.39 is 5.97 Å². The Bertz CT molecular complexity index is 228. The normalized spacial score (nSPS) is 24.1. The number of ether oxygens (including phenoxy) is 1. The highest BCUT2D eigenvalue weighted by Crippen LogP contribution is 2.22. The second-order valence-electron chi connectivity index (χ2n) is 4.70. The first kappa shape index (κ1) is 12.5. The molecule has 1 aliphatic rings. The Kier molecular flexibility index (Phi) is 4.11. The average Bonchev–Trinajstić information content (AvgIpc) is 2.17. The predicted octanol–water partition coefficient (Wildman–Crippen LogP) is 1.35. The summed E-state index contributed by atoms with van der Waals surface area (Å²) in [6, 6.07) is 0. The number of carboxylic acids is 1. The summed E-state index contributed by atoms with van der Waals surface area (Å²) in [4.78, 5) is 12.9. The molecule has 1 fully saturated rings. The molecule has 0 aromatic carbocycles. The van der Waals surface area contributed by atoms with E-state index >= 15 is 0 Å². The summed E-state index contributed by atoms with van der Waals surface area (Å²) < 4.78 is 5.44. The molecule has 0 spiro atoms. The summed E-state index contributed by atoms with van der Waals surface area (Å²) in [5, 5.41) is 8.71. The Hall–Kier alpha value is -0.610. The summed E-state index contributed by atoms with van der Waals surface area (Å²) in [6.07, 6.45) is 1.02. The number of morpholine rings is 1. The summed E-state index contributed by atoms with van der Waals surface area (Å²) in [6.45, 7) is 8.80. The van der Waals surface area contributed by atoms with Crippen LogP contribution in [0.15, 0.2) is 0 Å². The molecule has 0 amide bonds. The van der Waals surface area contributed by atoms with Crippen molar-refractivity contribution in [2.45, 2.75) is 45.3 Å². The van der Waals surface area contributed by atoms with Gasteiger partial charge in [0.05, 0.1) is 19.1 Å². The van der Waals surface area contributed by atoms with Crippen molar-refractivity contribution in [3.63, 3.8) is 0 Å². The molecule has 0 aliphatic carbocycles. The molecule has 0 aromatic rings. The number of aliphatic carboxylic acids is 1. The second kappa shape index (κ2) is 4.94. The number of carboxylic acid groups (broad SMARTS) is 1. The molecule has 15 heavy (non-hydrogen) atoms. The van der Waals surface area contributed by atoms with Crippen LogP contribution in [0.25, 0.3) is 0 Å². The number of rotatable bonds is 4. The monoisotopic (exact) mass is 215 g/mol. The van der Waals surface area contributed by atoms with Crippen LogP contribution in [0.5, 0.6) is 0 Å². The molecule has 1 rings (SSSR count). The van der Waals surface area contributed by atoms with E-state index in [4.69, 9.17) is 9.84 Å². The quantitative estimate of drug-likeness (QED) is 0.769. The summed E-state index contributed by atoms with van der Waals surface area (Å²) in [7, 11) is 0. The van der Waals surface area contributed by atoms with Crippen LogP contribution in [-0.4, -0.2) is 47.3 Å². The Balaban J connectivity index is 2.52. The highest BCUT2D eigenvalue weighted by atomic mass is 16.5. The van der Waals surface area contributed by atoms with Gasteiger partial charge in [-0.1, -0.05) is 6.92 Å². The van der Waals surface area contributed by atoms with E-state index in [1.807, 2.05) is 0 Å². The minimum atomic E-state index is -0.781. The minimum Gasteiger partial charge on any atom is -0.481 e. The maximum Gasteiger partial charge on any atom is 0.306 e. The molecule has 0 bridgehead atoms. The van der Waals surface area contributed by atoms with E-state index in [0.717, 1.165) is 19.5 Å². The highest BCUT2D eigenvalue weighted by molar-refractivity contribution is 5.67. The van der Waals surface area contributed by atoms with Gasteiger partial charge in [-0.3, -0.25) is 9.69 Å². The third-order valence-corrected chi connectivity index (χ3v) is 3.26. The van der Waals surface area contributed by atoms with Crippen LogP contribution in [0, 0.1) is 0 Å². The van der Waals surface area contributed by atoms with Crippen LogP contribution in [0.3, 0.4) is 0 Å². The Morgan fingerprint density at radius 3 is 2.80 bits per heavy atom. The third-order valence-electron chi connectivity index (χ3n) is 3.26. The van der Waals surface area contributed by atoms with Crippen LogP contribution in [0.1, 0.15) is 33.6 Å². The number of hydrogen-bond acceptors (Lipinski definition) is 3. The fraction of sp³-hybridized carbons (Fsp3) is 0.909. The smallest absolute Gasteiger partial charge is 0.306 e. The van der Waals surface area contributed by atoms with E-state index in [-0.39, 0.29) is 18.1 Å².